The number of aliphatic hydroxyl groups is 4. The van der Waals surface area contributed by atoms with Crippen LogP contribution in [0.25, 0.3) is 0 Å². The smallest absolute Gasteiger partial charge is 0.306 e. The van der Waals surface area contributed by atoms with Crippen LogP contribution in [0.3, 0.4) is 0 Å². The Bertz CT molecular complexity index is 1180. The van der Waals surface area contributed by atoms with Gasteiger partial charge in [-0.2, -0.15) is 0 Å². The summed E-state index contributed by atoms with van der Waals surface area (Å²) < 4.78 is 26.0. The SMILES string of the molecule is C=C(C)[C@]12O[C@@]3(/C=C/C=C/CCCCC)O[C@@H]1[C@@H]1[C@@H]4O[C@]4(CO)[C@@H](O)[C@]4(O)C(=O)C(C)=C[C@H]4[C@@]1(O3)[C@H](C)[C@H]2O. The van der Waals surface area contributed by atoms with Crippen molar-refractivity contribution in [3.63, 3.8) is 0 Å². The summed E-state index contributed by atoms with van der Waals surface area (Å²) in [5, 5.41) is 46.0. The van der Waals surface area contributed by atoms with E-state index in [-0.39, 0.29) is 5.57 Å². The third kappa shape index (κ3) is 3.11. The average molecular weight is 545 g/mol. The van der Waals surface area contributed by atoms with Crippen molar-refractivity contribution in [1.82, 2.24) is 0 Å². The van der Waals surface area contributed by atoms with Crippen LogP contribution < -0.4 is 0 Å². The van der Waals surface area contributed by atoms with Gasteiger partial charge in [-0.1, -0.05) is 57.6 Å². The van der Waals surface area contributed by atoms with Crippen LogP contribution in [-0.2, 0) is 23.7 Å². The molecule has 0 amide bonds. The Balaban J connectivity index is 1.51. The summed E-state index contributed by atoms with van der Waals surface area (Å²) >= 11 is 0. The first-order valence-electron chi connectivity index (χ1n) is 14.1. The number of hydrogen-bond donors (Lipinski definition) is 4. The van der Waals surface area contributed by atoms with Crippen LogP contribution >= 0.6 is 0 Å². The van der Waals surface area contributed by atoms with Crippen LogP contribution in [0.2, 0.25) is 0 Å². The minimum atomic E-state index is -2.34. The Labute approximate surface area is 228 Å². The van der Waals surface area contributed by atoms with Crippen molar-refractivity contribution in [3.05, 3.63) is 48.1 Å². The van der Waals surface area contributed by atoms with E-state index in [0.29, 0.717) is 5.57 Å². The maximum absolute atomic E-state index is 13.5. The molecule has 3 heterocycles. The quantitative estimate of drug-likeness (QED) is 0.156. The number of Topliss-reactive ketones (excluding diaryl/α,β-unsaturated/α-hetero) is 1. The first-order valence-corrected chi connectivity index (χ1v) is 14.1. The molecule has 9 nitrogen and oxygen atoms in total. The Morgan fingerprint density at radius 1 is 1.15 bits per heavy atom. The average Bonchev–Trinajstić information content (AvgIpc) is 3.53. The van der Waals surface area contributed by atoms with Crippen molar-refractivity contribution in [3.8, 4) is 0 Å². The molecule has 3 bridgehead atoms. The molecule has 0 aromatic heterocycles. The molecule has 0 spiro atoms. The Morgan fingerprint density at radius 2 is 1.90 bits per heavy atom. The molecular formula is C30H40O9. The molecule has 2 saturated carbocycles. The summed E-state index contributed by atoms with van der Waals surface area (Å²) in [6.45, 7) is 10.8. The third-order valence-electron chi connectivity index (χ3n) is 10.3. The zero-order valence-electron chi connectivity index (χ0n) is 23.0. The molecule has 5 fully saturated rings. The number of epoxide rings is 1. The summed E-state index contributed by atoms with van der Waals surface area (Å²) in [6, 6.07) is 0. The predicted molar refractivity (Wildman–Crippen MR) is 139 cm³/mol. The number of carbonyl (C=O) groups is 1. The predicted octanol–water partition coefficient (Wildman–Crippen LogP) is 1.84. The van der Waals surface area contributed by atoms with E-state index in [1.54, 1.807) is 39.0 Å². The number of aliphatic hydroxyl groups excluding tert-OH is 3. The van der Waals surface area contributed by atoms with Crippen molar-refractivity contribution >= 4 is 5.78 Å². The highest BCUT2D eigenvalue weighted by molar-refractivity contribution is 6.05. The largest absolute Gasteiger partial charge is 0.393 e. The number of carbonyl (C=O) groups excluding carboxylic acids is 1. The molecule has 6 rings (SSSR count). The maximum atomic E-state index is 13.5. The van der Waals surface area contributed by atoms with Gasteiger partial charge in [-0.25, -0.2) is 0 Å². The van der Waals surface area contributed by atoms with Gasteiger partial charge in [0, 0.05) is 23.8 Å². The first-order chi connectivity index (χ1) is 18.4. The number of ketones is 1. The molecule has 9 heteroatoms. The fourth-order valence-corrected chi connectivity index (χ4v) is 8.32. The molecule has 12 atom stereocenters. The molecule has 0 aromatic rings. The number of hydrogen-bond acceptors (Lipinski definition) is 9. The molecule has 3 aliphatic heterocycles. The minimum absolute atomic E-state index is 0.267. The standard InChI is InChI=1S/C30H40O9/c1-6-7-8-9-10-11-12-13-27-37-24-20-23-26(15-31,36-23)25(34)28(35)19(14-17(4)21(28)32)30(20,39-27)18(5)22(33)29(24,38-27)16(2)3/h10-14,18-20,22-25,31,33-35H,2,6-9,15H2,1,3-5H3/b11-10+,13-12+/t18-,19-,20+,22-,23+,24-,25-,26+,27-,28-,29-,30+/m1/s1. The van der Waals surface area contributed by atoms with Gasteiger partial charge >= 0.3 is 5.97 Å². The molecule has 6 aliphatic rings. The van der Waals surface area contributed by atoms with Crippen molar-refractivity contribution in [2.45, 2.75) is 106 Å². The zero-order valence-corrected chi connectivity index (χ0v) is 23.0. The fraction of sp³-hybridized carbons (Fsp3) is 0.700. The van der Waals surface area contributed by atoms with Crippen LogP contribution in [-0.4, -0.2) is 85.6 Å². The monoisotopic (exact) mass is 544 g/mol. The lowest BCUT2D eigenvalue weighted by atomic mass is 9.53. The number of allylic oxidation sites excluding steroid dienone is 3. The number of fused-ring (bicyclic) bond motifs is 3. The van der Waals surface area contributed by atoms with Gasteiger partial charge in [-0.3, -0.25) is 4.79 Å². The number of unbranched alkanes of at least 4 members (excludes halogenated alkanes) is 3. The molecule has 0 radical (unpaired) electrons. The van der Waals surface area contributed by atoms with Gasteiger partial charge in [0.15, 0.2) is 11.4 Å². The van der Waals surface area contributed by atoms with E-state index in [2.05, 4.69) is 19.6 Å². The summed E-state index contributed by atoms with van der Waals surface area (Å²) in [6.07, 6.45) is 8.70. The molecule has 214 valence electrons. The van der Waals surface area contributed by atoms with E-state index in [0.717, 1.165) is 25.7 Å². The van der Waals surface area contributed by atoms with E-state index in [1.165, 1.54) is 0 Å². The van der Waals surface area contributed by atoms with Crippen LogP contribution in [0.4, 0.5) is 0 Å². The second-order valence-corrected chi connectivity index (χ2v) is 12.4. The van der Waals surface area contributed by atoms with Crippen LogP contribution in [0.1, 0.15) is 53.4 Å². The van der Waals surface area contributed by atoms with E-state index in [9.17, 15) is 25.2 Å². The number of ether oxygens (including phenoxy) is 4. The lowest BCUT2D eigenvalue weighted by Crippen LogP contribution is -2.76. The van der Waals surface area contributed by atoms with Gasteiger partial charge in [-0.05, 0) is 37.8 Å². The van der Waals surface area contributed by atoms with Gasteiger partial charge in [0.2, 0.25) is 0 Å². The lowest BCUT2D eigenvalue weighted by molar-refractivity contribution is -0.407. The van der Waals surface area contributed by atoms with E-state index < -0.39 is 82.9 Å². The highest BCUT2D eigenvalue weighted by Crippen LogP contribution is 2.72. The highest BCUT2D eigenvalue weighted by Gasteiger charge is 2.89. The maximum Gasteiger partial charge on any atom is 0.306 e. The second-order valence-electron chi connectivity index (χ2n) is 12.4. The van der Waals surface area contributed by atoms with E-state index in [4.69, 9.17) is 18.9 Å². The van der Waals surface area contributed by atoms with Crippen molar-refractivity contribution in [2.75, 3.05) is 6.61 Å². The normalized spacial score (nSPS) is 53.1. The van der Waals surface area contributed by atoms with Crippen molar-refractivity contribution < 1.29 is 44.2 Å². The lowest BCUT2D eigenvalue weighted by Gasteiger charge is -2.60. The van der Waals surface area contributed by atoms with Crippen LogP contribution in [0, 0.1) is 17.8 Å². The Kier molecular flexibility index (Phi) is 6.10. The summed E-state index contributed by atoms with van der Waals surface area (Å²) in [5.41, 5.74) is -5.98. The van der Waals surface area contributed by atoms with Gasteiger partial charge in [0.25, 0.3) is 0 Å². The van der Waals surface area contributed by atoms with Gasteiger partial charge in [0.1, 0.15) is 29.5 Å². The molecule has 4 N–H and O–H groups in total. The first kappa shape index (κ1) is 27.5. The van der Waals surface area contributed by atoms with E-state index >= 15 is 0 Å². The highest BCUT2D eigenvalue weighted by atomic mass is 16.9. The molecule has 0 aromatic carbocycles. The fourth-order valence-electron chi connectivity index (χ4n) is 8.32. The summed E-state index contributed by atoms with van der Waals surface area (Å²) in [7, 11) is 0. The molecular weight excluding hydrogens is 504 g/mol. The number of rotatable bonds is 8. The van der Waals surface area contributed by atoms with Gasteiger partial charge < -0.3 is 39.4 Å². The van der Waals surface area contributed by atoms with E-state index in [1.807, 2.05) is 6.08 Å². The minimum Gasteiger partial charge on any atom is -0.393 e. The van der Waals surface area contributed by atoms with Crippen LogP contribution in [0.5, 0.6) is 0 Å². The molecule has 39 heavy (non-hydrogen) atoms. The Hall–Kier alpha value is -1.69. The Morgan fingerprint density at radius 3 is 2.56 bits per heavy atom. The second kappa shape index (κ2) is 8.66. The summed E-state index contributed by atoms with van der Waals surface area (Å²) in [4.78, 5) is 13.5. The summed E-state index contributed by atoms with van der Waals surface area (Å²) in [5.74, 6) is -4.89. The molecule has 3 aliphatic carbocycles. The van der Waals surface area contributed by atoms with Gasteiger partial charge in [0.05, 0.1) is 18.3 Å². The van der Waals surface area contributed by atoms with Gasteiger partial charge in [-0.15, -0.1) is 0 Å². The zero-order chi connectivity index (χ0) is 28.2. The third-order valence-corrected chi connectivity index (χ3v) is 10.3. The molecule has 3 saturated heterocycles. The molecule has 0 unspecified atom stereocenters. The topological polar surface area (TPSA) is 138 Å². The van der Waals surface area contributed by atoms with Crippen LogP contribution in [0.15, 0.2) is 48.1 Å². The van der Waals surface area contributed by atoms with Crippen molar-refractivity contribution in [1.29, 1.82) is 0 Å². The van der Waals surface area contributed by atoms with Crippen molar-refractivity contribution in [2.24, 2.45) is 17.8 Å².